The molecule has 1 heterocycles. The van der Waals surface area contributed by atoms with Crippen molar-refractivity contribution >= 4 is 23.9 Å². The molecule has 0 saturated carbocycles. The molecule has 0 aliphatic carbocycles. The highest BCUT2D eigenvalue weighted by Crippen LogP contribution is 2.43. The monoisotopic (exact) mass is 417 g/mol. The van der Waals surface area contributed by atoms with E-state index in [1.165, 1.54) is 46.3 Å². The third-order valence-corrected chi connectivity index (χ3v) is 4.38. The zero-order valence-electron chi connectivity index (χ0n) is 17.6. The van der Waals surface area contributed by atoms with Crippen LogP contribution in [-0.4, -0.2) is 38.1 Å². The van der Waals surface area contributed by atoms with Crippen molar-refractivity contribution in [2.75, 3.05) is 14.2 Å². The summed E-state index contributed by atoms with van der Waals surface area (Å²) in [7, 11) is 2.44. The van der Waals surface area contributed by atoms with Crippen LogP contribution in [0.3, 0.4) is 0 Å². The van der Waals surface area contributed by atoms with Gasteiger partial charge in [-0.1, -0.05) is 6.07 Å². The van der Waals surface area contributed by atoms with Crippen LogP contribution in [0.2, 0.25) is 0 Å². The van der Waals surface area contributed by atoms with Crippen molar-refractivity contribution in [3.05, 3.63) is 46.3 Å². The molecule has 0 radical (unpaired) electrons. The molecule has 9 nitrogen and oxygen atoms in total. The van der Waals surface area contributed by atoms with Crippen molar-refractivity contribution in [3.63, 3.8) is 0 Å². The van der Waals surface area contributed by atoms with Crippen molar-refractivity contribution < 1.29 is 38.1 Å². The van der Waals surface area contributed by atoms with Gasteiger partial charge in [-0.2, -0.15) is 0 Å². The molecular formula is C21H23NO8. The number of rotatable bonds is 5. The number of carbonyl (C=O) groups excluding carboxylic acids is 4. The Morgan fingerprint density at radius 1 is 0.833 bits per heavy atom. The van der Waals surface area contributed by atoms with Crippen molar-refractivity contribution in [2.45, 2.75) is 33.6 Å². The molecule has 0 unspecified atom stereocenters. The highest BCUT2D eigenvalue weighted by molar-refractivity contribution is 6.00. The predicted molar refractivity (Wildman–Crippen MR) is 104 cm³/mol. The molecule has 0 amide bonds. The zero-order valence-corrected chi connectivity index (χ0v) is 17.6. The van der Waals surface area contributed by atoms with Crippen LogP contribution in [0, 0.1) is 0 Å². The lowest BCUT2D eigenvalue weighted by atomic mass is 9.80. The van der Waals surface area contributed by atoms with Gasteiger partial charge in [-0.15, -0.1) is 0 Å². The summed E-state index contributed by atoms with van der Waals surface area (Å²) in [6.07, 6.45) is 0. The van der Waals surface area contributed by atoms with Crippen LogP contribution >= 0.6 is 0 Å². The normalized spacial score (nSPS) is 14.1. The Hall–Kier alpha value is -3.62. The van der Waals surface area contributed by atoms with E-state index in [1.807, 2.05) is 0 Å². The van der Waals surface area contributed by atoms with Crippen LogP contribution in [0.25, 0.3) is 0 Å². The molecule has 1 aromatic carbocycles. The van der Waals surface area contributed by atoms with Gasteiger partial charge in [0.25, 0.3) is 0 Å². The van der Waals surface area contributed by atoms with E-state index in [2.05, 4.69) is 5.32 Å². The number of nitrogens with one attached hydrogen (secondary N) is 1. The fourth-order valence-corrected chi connectivity index (χ4v) is 3.29. The van der Waals surface area contributed by atoms with Gasteiger partial charge >= 0.3 is 23.9 Å². The second-order valence-electron chi connectivity index (χ2n) is 6.51. The molecule has 1 aromatic rings. The Balaban J connectivity index is 2.79. The summed E-state index contributed by atoms with van der Waals surface area (Å²) in [6.45, 7) is 5.76. The number of hydrogen-bond acceptors (Lipinski definition) is 9. The minimum absolute atomic E-state index is 0.0246. The number of ether oxygens (including phenoxy) is 4. The van der Waals surface area contributed by atoms with Crippen LogP contribution in [-0.2, 0) is 28.7 Å². The molecule has 1 aliphatic heterocycles. The summed E-state index contributed by atoms with van der Waals surface area (Å²) in [5, 5.41) is 2.99. The highest BCUT2D eigenvalue weighted by atomic mass is 16.5. The van der Waals surface area contributed by atoms with E-state index >= 15 is 0 Å². The van der Waals surface area contributed by atoms with Gasteiger partial charge in [0.05, 0.1) is 31.3 Å². The van der Waals surface area contributed by atoms with E-state index in [0.29, 0.717) is 17.0 Å². The van der Waals surface area contributed by atoms with Gasteiger partial charge < -0.3 is 24.3 Å². The van der Waals surface area contributed by atoms with Crippen LogP contribution in [0.15, 0.2) is 40.7 Å². The van der Waals surface area contributed by atoms with E-state index in [1.54, 1.807) is 13.8 Å². The van der Waals surface area contributed by atoms with Crippen LogP contribution in [0.5, 0.6) is 11.5 Å². The summed E-state index contributed by atoms with van der Waals surface area (Å²) in [5.41, 5.74) is 1.56. The molecule has 0 bridgehead atoms. The van der Waals surface area contributed by atoms with Crippen LogP contribution in [0.4, 0.5) is 0 Å². The summed E-state index contributed by atoms with van der Waals surface area (Å²) in [6, 6.07) is 4.33. The molecule has 160 valence electrons. The zero-order chi connectivity index (χ0) is 22.6. The van der Waals surface area contributed by atoms with Crippen molar-refractivity contribution in [1.82, 2.24) is 5.32 Å². The number of dihydropyridines is 1. The molecule has 0 spiro atoms. The van der Waals surface area contributed by atoms with Crippen molar-refractivity contribution in [2.24, 2.45) is 0 Å². The minimum atomic E-state index is -0.952. The quantitative estimate of drug-likeness (QED) is 0.568. The molecule has 0 atom stereocenters. The van der Waals surface area contributed by atoms with E-state index in [4.69, 9.17) is 18.9 Å². The van der Waals surface area contributed by atoms with Gasteiger partial charge in [-0.05, 0) is 19.9 Å². The second-order valence-corrected chi connectivity index (χ2v) is 6.51. The summed E-state index contributed by atoms with van der Waals surface area (Å²) in [4.78, 5) is 48.2. The van der Waals surface area contributed by atoms with Crippen molar-refractivity contribution in [3.8, 4) is 11.5 Å². The van der Waals surface area contributed by atoms with Gasteiger partial charge in [0, 0.05) is 36.9 Å². The molecule has 1 N–H and O–H groups in total. The third kappa shape index (κ3) is 4.68. The van der Waals surface area contributed by atoms with Gasteiger partial charge in [0.2, 0.25) is 0 Å². The maximum Gasteiger partial charge on any atom is 0.336 e. The fourth-order valence-electron chi connectivity index (χ4n) is 3.29. The predicted octanol–water partition coefficient (Wildman–Crippen LogP) is 2.12. The number of methoxy groups -OCH3 is 2. The number of benzene rings is 1. The Morgan fingerprint density at radius 2 is 1.33 bits per heavy atom. The highest BCUT2D eigenvalue weighted by Gasteiger charge is 2.39. The Kier molecular flexibility index (Phi) is 6.99. The number of allylic oxidation sites excluding steroid dienone is 2. The lowest BCUT2D eigenvalue weighted by molar-refractivity contribution is -0.137. The van der Waals surface area contributed by atoms with Crippen molar-refractivity contribution in [1.29, 1.82) is 0 Å². The van der Waals surface area contributed by atoms with Crippen LogP contribution < -0.4 is 14.8 Å². The molecule has 9 heteroatoms. The number of esters is 4. The van der Waals surface area contributed by atoms with Gasteiger partial charge in [-0.3, -0.25) is 9.59 Å². The van der Waals surface area contributed by atoms with Gasteiger partial charge in [0.15, 0.2) is 0 Å². The second kappa shape index (κ2) is 9.25. The summed E-state index contributed by atoms with van der Waals surface area (Å²) < 4.78 is 20.2. The standard InChI is InChI=1S/C21H23NO8/c1-10-17(20(25)27-5)19(18(11(2)22-10)21(26)28-6)15-8-7-14(29-12(3)23)9-16(15)30-13(4)24/h7-9,19,22H,1-6H3. The molecule has 1 aliphatic rings. The lowest BCUT2D eigenvalue weighted by Crippen LogP contribution is -2.32. The molecule has 0 saturated heterocycles. The maximum absolute atomic E-state index is 12.6. The first-order valence-corrected chi connectivity index (χ1v) is 8.96. The Morgan fingerprint density at radius 3 is 1.77 bits per heavy atom. The van der Waals surface area contributed by atoms with Crippen LogP contribution in [0.1, 0.15) is 39.2 Å². The van der Waals surface area contributed by atoms with E-state index in [0.717, 1.165) is 0 Å². The molecule has 0 fully saturated rings. The Bertz CT molecular complexity index is 935. The molecule has 2 rings (SSSR count). The topological polar surface area (TPSA) is 117 Å². The first-order valence-electron chi connectivity index (χ1n) is 8.96. The molecule has 30 heavy (non-hydrogen) atoms. The van der Waals surface area contributed by atoms with Gasteiger partial charge in [-0.25, -0.2) is 9.59 Å². The Labute approximate surface area is 173 Å². The first kappa shape index (κ1) is 22.7. The van der Waals surface area contributed by atoms with Gasteiger partial charge in [0.1, 0.15) is 11.5 Å². The van der Waals surface area contributed by atoms with E-state index < -0.39 is 29.8 Å². The smallest absolute Gasteiger partial charge is 0.336 e. The largest absolute Gasteiger partial charge is 0.466 e. The molecule has 0 aromatic heterocycles. The van der Waals surface area contributed by atoms with E-state index in [-0.39, 0.29) is 22.6 Å². The minimum Gasteiger partial charge on any atom is -0.466 e. The number of hydrogen-bond donors (Lipinski definition) is 1. The maximum atomic E-state index is 12.6. The fraction of sp³-hybridized carbons (Fsp3) is 0.333. The lowest BCUT2D eigenvalue weighted by Gasteiger charge is -2.30. The summed E-state index contributed by atoms with van der Waals surface area (Å²) in [5.74, 6) is -3.32. The SMILES string of the molecule is COC(=O)C1=C(C)NC(C)=C(C(=O)OC)C1c1ccc(OC(C)=O)cc1OC(C)=O. The average molecular weight is 417 g/mol. The van der Waals surface area contributed by atoms with E-state index in [9.17, 15) is 19.2 Å². The molecular weight excluding hydrogens is 394 g/mol. The average Bonchev–Trinajstić information content (AvgIpc) is 2.65. The summed E-state index contributed by atoms with van der Waals surface area (Å²) >= 11 is 0. The first-order chi connectivity index (χ1) is 14.1. The third-order valence-electron chi connectivity index (χ3n) is 4.38. The number of carbonyl (C=O) groups is 4.